The van der Waals surface area contributed by atoms with Crippen molar-refractivity contribution in [3.63, 3.8) is 0 Å². The van der Waals surface area contributed by atoms with Gasteiger partial charge in [-0.3, -0.25) is 0 Å². The Hall–Kier alpha value is -1.05. The molecule has 0 aliphatic carbocycles. The van der Waals surface area contributed by atoms with Crippen molar-refractivity contribution in [2.75, 3.05) is 13.1 Å². The number of hydrogen-bond acceptors (Lipinski definition) is 2. The van der Waals surface area contributed by atoms with E-state index in [9.17, 15) is 0 Å². The number of rotatable bonds is 3. The summed E-state index contributed by atoms with van der Waals surface area (Å²) in [4.78, 5) is 6.84. The summed E-state index contributed by atoms with van der Waals surface area (Å²) in [5.41, 5.74) is 0. The van der Waals surface area contributed by atoms with E-state index < -0.39 is 0 Å². The second-order valence-electron chi connectivity index (χ2n) is 3.40. The molecule has 0 saturated carbocycles. The molecule has 0 N–H and O–H groups in total. The van der Waals surface area contributed by atoms with Crippen molar-refractivity contribution in [3.05, 3.63) is 24.4 Å². The van der Waals surface area contributed by atoms with E-state index in [4.69, 9.17) is 0 Å². The van der Waals surface area contributed by atoms with E-state index in [2.05, 4.69) is 42.8 Å². The monoisotopic (exact) mass is 192 g/mol. The highest BCUT2D eigenvalue weighted by Crippen LogP contribution is 2.14. The Morgan fingerprint density at radius 2 is 1.93 bits per heavy atom. The molecule has 1 aliphatic heterocycles. The maximum Gasteiger partial charge on any atom is 0.111 e. The van der Waals surface area contributed by atoms with Gasteiger partial charge in [0.15, 0.2) is 0 Å². The van der Waals surface area contributed by atoms with Crippen LogP contribution in [0.1, 0.15) is 27.2 Å². The van der Waals surface area contributed by atoms with Gasteiger partial charge in [-0.25, -0.2) is 4.99 Å². The zero-order chi connectivity index (χ0) is 10.4. The lowest BCUT2D eigenvalue weighted by atomic mass is 10.0. The topological polar surface area (TPSA) is 15.6 Å². The molecule has 0 radical (unpaired) electrons. The van der Waals surface area contributed by atoms with E-state index in [1.165, 1.54) is 5.84 Å². The summed E-state index contributed by atoms with van der Waals surface area (Å²) in [5, 5.41) is 0. The molecular formula is C12H20N2. The summed E-state index contributed by atoms with van der Waals surface area (Å²) >= 11 is 0. The van der Waals surface area contributed by atoms with Crippen LogP contribution in [0.3, 0.4) is 0 Å². The average Bonchev–Trinajstić information content (AvgIpc) is 2.45. The van der Waals surface area contributed by atoms with Crippen molar-refractivity contribution in [2.45, 2.75) is 27.2 Å². The van der Waals surface area contributed by atoms with Crippen molar-refractivity contribution in [2.24, 2.45) is 10.9 Å². The molecule has 14 heavy (non-hydrogen) atoms. The normalized spacial score (nSPS) is 20.5. The summed E-state index contributed by atoms with van der Waals surface area (Å²) in [6.07, 6.45) is 9.33. The summed E-state index contributed by atoms with van der Waals surface area (Å²) in [7, 11) is 0. The van der Waals surface area contributed by atoms with Crippen LogP contribution in [0.2, 0.25) is 0 Å². The van der Waals surface area contributed by atoms with Crippen LogP contribution < -0.4 is 0 Å². The first-order valence-corrected chi connectivity index (χ1v) is 5.49. The predicted octanol–water partition coefficient (Wildman–Crippen LogP) is 2.84. The van der Waals surface area contributed by atoms with Crippen molar-refractivity contribution in [1.82, 2.24) is 4.90 Å². The lowest BCUT2D eigenvalue weighted by Crippen LogP contribution is -2.35. The van der Waals surface area contributed by atoms with Gasteiger partial charge in [-0.05, 0) is 26.3 Å². The van der Waals surface area contributed by atoms with Crippen LogP contribution in [0.15, 0.2) is 29.4 Å². The fraction of sp³-hybridized carbons (Fsp3) is 0.583. The van der Waals surface area contributed by atoms with E-state index in [0.29, 0.717) is 5.92 Å². The van der Waals surface area contributed by atoms with Gasteiger partial charge in [0.25, 0.3) is 0 Å². The fourth-order valence-electron chi connectivity index (χ4n) is 1.73. The predicted molar refractivity (Wildman–Crippen MR) is 62.4 cm³/mol. The molecule has 1 atom stereocenters. The number of amidine groups is 1. The molecule has 1 rings (SSSR count). The molecule has 0 aromatic heterocycles. The second-order valence-corrected chi connectivity index (χ2v) is 3.40. The molecule has 0 aromatic carbocycles. The maximum absolute atomic E-state index is 4.52. The average molecular weight is 192 g/mol. The van der Waals surface area contributed by atoms with E-state index >= 15 is 0 Å². The van der Waals surface area contributed by atoms with E-state index in [0.717, 1.165) is 19.5 Å². The summed E-state index contributed by atoms with van der Waals surface area (Å²) < 4.78 is 0. The second kappa shape index (κ2) is 5.63. The van der Waals surface area contributed by atoms with Crippen molar-refractivity contribution >= 4 is 5.84 Å². The maximum atomic E-state index is 4.52. The lowest BCUT2D eigenvalue weighted by molar-refractivity contribution is 0.441. The molecule has 0 bridgehead atoms. The van der Waals surface area contributed by atoms with Gasteiger partial charge in [-0.2, -0.15) is 0 Å². The summed E-state index contributed by atoms with van der Waals surface area (Å²) in [6.45, 7) is 8.63. The molecule has 2 nitrogen and oxygen atoms in total. The van der Waals surface area contributed by atoms with E-state index in [1.54, 1.807) is 0 Å². The van der Waals surface area contributed by atoms with Crippen LogP contribution in [-0.4, -0.2) is 23.8 Å². The van der Waals surface area contributed by atoms with Crippen molar-refractivity contribution in [1.29, 1.82) is 0 Å². The standard InChI is InChI=1S/C12H20N2/c1-4-11-9-7-8-10-13-12(11)14(5-2)6-3/h7-11H,4-6H2,1-3H3. The quantitative estimate of drug-likeness (QED) is 0.671. The minimum Gasteiger partial charge on any atom is -0.360 e. The van der Waals surface area contributed by atoms with Gasteiger partial charge >= 0.3 is 0 Å². The van der Waals surface area contributed by atoms with Gasteiger partial charge in [0.05, 0.1) is 0 Å². The first-order chi connectivity index (χ1) is 6.83. The first kappa shape index (κ1) is 11.0. The molecule has 0 fully saturated rings. The zero-order valence-electron chi connectivity index (χ0n) is 9.40. The molecule has 0 spiro atoms. The Bertz CT molecular complexity index is 247. The van der Waals surface area contributed by atoms with Crippen LogP contribution >= 0.6 is 0 Å². The fourth-order valence-corrected chi connectivity index (χ4v) is 1.73. The van der Waals surface area contributed by atoms with Gasteiger partial charge in [-0.15, -0.1) is 0 Å². The SMILES string of the molecule is CCC1C=CC=CN=C1N(CC)CC. The lowest BCUT2D eigenvalue weighted by Gasteiger charge is -2.26. The minimum atomic E-state index is 0.477. The Morgan fingerprint density at radius 1 is 1.21 bits per heavy atom. The Labute approximate surface area is 87.0 Å². The number of nitrogens with zero attached hydrogens (tertiary/aromatic N) is 2. The van der Waals surface area contributed by atoms with Gasteiger partial charge < -0.3 is 4.90 Å². The molecule has 1 aliphatic rings. The first-order valence-electron chi connectivity index (χ1n) is 5.49. The molecule has 1 unspecified atom stereocenters. The Kier molecular flexibility index (Phi) is 4.44. The van der Waals surface area contributed by atoms with Crippen molar-refractivity contribution < 1.29 is 0 Å². The zero-order valence-corrected chi connectivity index (χ0v) is 9.40. The molecule has 0 saturated heterocycles. The van der Waals surface area contributed by atoms with Crippen LogP contribution in [-0.2, 0) is 0 Å². The van der Waals surface area contributed by atoms with E-state index in [-0.39, 0.29) is 0 Å². The highest BCUT2D eigenvalue weighted by atomic mass is 15.2. The number of aliphatic imine (C=N–C) groups is 1. The molecule has 0 aromatic rings. The van der Waals surface area contributed by atoms with Crippen LogP contribution in [0.25, 0.3) is 0 Å². The van der Waals surface area contributed by atoms with Gasteiger partial charge in [0.1, 0.15) is 5.84 Å². The molecule has 1 heterocycles. The third kappa shape index (κ3) is 2.47. The Morgan fingerprint density at radius 3 is 2.50 bits per heavy atom. The molecular weight excluding hydrogens is 172 g/mol. The van der Waals surface area contributed by atoms with Gasteiger partial charge in [0, 0.05) is 25.2 Å². The minimum absolute atomic E-state index is 0.477. The molecule has 78 valence electrons. The number of hydrogen-bond donors (Lipinski definition) is 0. The smallest absolute Gasteiger partial charge is 0.111 e. The third-order valence-corrected chi connectivity index (χ3v) is 2.61. The summed E-state index contributed by atoms with van der Waals surface area (Å²) in [5.74, 6) is 1.69. The third-order valence-electron chi connectivity index (χ3n) is 2.61. The van der Waals surface area contributed by atoms with Gasteiger partial charge in [-0.1, -0.05) is 19.1 Å². The number of allylic oxidation sites excluding steroid dienone is 2. The largest absolute Gasteiger partial charge is 0.360 e. The Balaban J connectivity index is 2.85. The molecule has 2 heteroatoms. The molecule has 0 amide bonds. The van der Waals surface area contributed by atoms with Crippen LogP contribution in [0.4, 0.5) is 0 Å². The highest BCUT2D eigenvalue weighted by Gasteiger charge is 2.16. The van der Waals surface area contributed by atoms with Crippen LogP contribution in [0, 0.1) is 5.92 Å². The summed E-state index contributed by atoms with van der Waals surface area (Å²) in [6, 6.07) is 0. The van der Waals surface area contributed by atoms with Crippen molar-refractivity contribution in [3.8, 4) is 0 Å². The van der Waals surface area contributed by atoms with Crippen LogP contribution in [0.5, 0.6) is 0 Å². The van der Waals surface area contributed by atoms with Gasteiger partial charge in [0.2, 0.25) is 0 Å². The van der Waals surface area contributed by atoms with E-state index in [1.807, 2.05) is 12.3 Å². The highest BCUT2D eigenvalue weighted by molar-refractivity contribution is 5.87.